The van der Waals surface area contributed by atoms with Gasteiger partial charge in [-0.2, -0.15) is 0 Å². The number of benzene rings is 5. The van der Waals surface area contributed by atoms with Gasteiger partial charge in [-0.25, -0.2) is 0 Å². The molecule has 0 saturated carbocycles. The van der Waals surface area contributed by atoms with Crippen molar-refractivity contribution in [1.29, 1.82) is 0 Å². The van der Waals surface area contributed by atoms with E-state index in [1.807, 2.05) is 0 Å². The average molecular weight is 574 g/mol. The second kappa shape index (κ2) is 13.1. The lowest BCUT2D eigenvalue weighted by Crippen LogP contribution is -2.66. The van der Waals surface area contributed by atoms with E-state index < -0.39 is 15.6 Å². The first kappa shape index (κ1) is 29.2. The molecule has 3 heteroatoms. The summed E-state index contributed by atoms with van der Waals surface area (Å²) in [5.74, 6) is 0. The summed E-state index contributed by atoms with van der Waals surface area (Å²) < 4.78 is 7.25. The molecule has 0 spiro atoms. The topological polar surface area (TPSA) is 9.23 Å². The van der Waals surface area contributed by atoms with Gasteiger partial charge in [0.05, 0.1) is 6.16 Å². The van der Waals surface area contributed by atoms with E-state index in [0.717, 1.165) is 25.6 Å². The van der Waals surface area contributed by atoms with Gasteiger partial charge in [0.25, 0.3) is 8.32 Å². The maximum atomic E-state index is 7.25. The van der Waals surface area contributed by atoms with E-state index >= 15 is 0 Å². The Morgan fingerprint density at radius 2 is 0.829 bits per heavy atom. The zero-order valence-corrected chi connectivity index (χ0v) is 26.5. The van der Waals surface area contributed by atoms with E-state index in [0.29, 0.717) is 0 Å². The van der Waals surface area contributed by atoms with Gasteiger partial charge in [0.15, 0.2) is 0 Å². The van der Waals surface area contributed by atoms with E-state index in [-0.39, 0.29) is 5.04 Å². The van der Waals surface area contributed by atoms with Gasteiger partial charge < -0.3 is 4.43 Å². The van der Waals surface area contributed by atoms with E-state index in [1.165, 1.54) is 26.3 Å². The SMILES string of the molecule is CC(C)(C)[Si](OCCCC[P+](c1ccccc1)(c1ccccc1)c1ccccc1)(c1ccccc1)c1ccccc1. The molecule has 0 radical (unpaired) electrons. The van der Waals surface area contributed by atoms with Crippen LogP contribution in [0, 0.1) is 0 Å². The Kier molecular flexibility index (Phi) is 9.35. The molecule has 0 fully saturated rings. The summed E-state index contributed by atoms with van der Waals surface area (Å²) in [5, 5.41) is 7.03. The van der Waals surface area contributed by atoms with Crippen LogP contribution < -0.4 is 26.3 Å². The molecule has 0 N–H and O–H groups in total. The van der Waals surface area contributed by atoms with Crippen LogP contribution in [0.3, 0.4) is 0 Å². The van der Waals surface area contributed by atoms with E-state index in [4.69, 9.17) is 4.43 Å². The number of unbranched alkanes of at least 4 members (excludes halogenated alkanes) is 1. The van der Waals surface area contributed by atoms with Crippen LogP contribution >= 0.6 is 7.26 Å². The Balaban J connectivity index is 1.45. The highest BCUT2D eigenvalue weighted by atomic mass is 31.2. The highest BCUT2D eigenvalue weighted by Gasteiger charge is 2.50. The monoisotopic (exact) mass is 573 g/mol. The molecule has 1 nitrogen and oxygen atoms in total. The van der Waals surface area contributed by atoms with Crippen LogP contribution in [0.15, 0.2) is 152 Å². The van der Waals surface area contributed by atoms with Gasteiger partial charge in [-0.15, -0.1) is 0 Å². The molecule has 5 aromatic rings. The van der Waals surface area contributed by atoms with Crippen LogP contribution in [0.25, 0.3) is 0 Å². The quantitative estimate of drug-likeness (QED) is 0.0913. The minimum Gasteiger partial charge on any atom is -0.407 e. The van der Waals surface area contributed by atoms with Crippen molar-refractivity contribution in [2.45, 2.75) is 38.7 Å². The van der Waals surface area contributed by atoms with Crippen LogP contribution in [0.5, 0.6) is 0 Å². The molecule has 0 amide bonds. The van der Waals surface area contributed by atoms with Crippen molar-refractivity contribution in [3.63, 3.8) is 0 Å². The molecule has 0 saturated heterocycles. The van der Waals surface area contributed by atoms with Gasteiger partial charge in [-0.05, 0) is 64.7 Å². The van der Waals surface area contributed by atoms with Crippen LogP contribution in [0.4, 0.5) is 0 Å². The number of hydrogen-bond acceptors (Lipinski definition) is 1. The van der Waals surface area contributed by atoms with Gasteiger partial charge >= 0.3 is 0 Å². The Hall–Kier alpha value is -3.29. The lowest BCUT2D eigenvalue weighted by molar-refractivity contribution is 0.291. The smallest absolute Gasteiger partial charge is 0.261 e. The minimum atomic E-state index is -2.53. The molecular formula is C38H42OPSi+. The van der Waals surface area contributed by atoms with E-state index in [2.05, 4.69) is 172 Å². The summed E-state index contributed by atoms with van der Waals surface area (Å²) in [6, 6.07) is 55.6. The third-order valence-electron chi connectivity index (χ3n) is 8.21. The number of rotatable bonds is 11. The molecule has 5 rings (SSSR count). The Bertz CT molecular complexity index is 1330. The van der Waals surface area contributed by atoms with Gasteiger partial charge in [0, 0.05) is 6.61 Å². The van der Waals surface area contributed by atoms with Crippen molar-refractivity contribution in [3.8, 4) is 0 Å². The molecule has 0 bridgehead atoms. The molecule has 41 heavy (non-hydrogen) atoms. The van der Waals surface area contributed by atoms with Crippen molar-refractivity contribution in [1.82, 2.24) is 0 Å². The number of hydrogen-bond donors (Lipinski definition) is 0. The molecule has 0 aliphatic carbocycles. The van der Waals surface area contributed by atoms with Crippen molar-refractivity contribution in [3.05, 3.63) is 152 Å². The summed E-state index contributed by atoms with van der Waals surface area (Å²) in [6.07, 6.45) is 3.25. The molecule has 0 aliphatic heterocycles. The Labute approximate surface area is 248 Å². The molecule has 0 heterocycles. The highest BCUT2D eigenvalue weighted by molar-refractivity contribution is 7.95. The fraction of sp³-hybridized carbons (Fsp3) is 0.211. The predicted octanol–water partition coefficient (Wildman–Crippen LogP) is 7.34. The second-order valence-electron chi connectivity index (χ2n) is 11.8. The van der Waals surface area contributed by atoms with Crippen molar-refractivity contribution < 1.29 is 4.43 Å². The molecule has 5 aromatic carbocycles. The first-order chi connectivity index (χ1) is 20.0. The normalized spacial score (nSPS) is 12.3. The first-order valence-corrected chi connectivity index (χ1v) is 18.7. The molecular weight excluding hydrogens is 531 g/mol. The van der Waals surface area contributed by atoms with Gasteiger partial charge in [-0.1, -0.05) is 136 Å². The lowest BCUT2D eigenvalue weighted by Gasteiger charge is -2.43. The molecule has 208 valence electrons. The fourth-order valence-corrected chi connectivity index (χ4v) is 15.3. The standard InChI is InChI=1S/C38H42OPSi/c1-38(2,3)41(36-27-15-7-16-28-36,37-29-17-8-18-30-37)39-31-19-20-32-40(33-21-9-4-10-22-33,34-23-11-5-12-24-34)35-25-13-6-14-26-35/h4-18,21-30H,19-20,31-32H2,1-3H3/q+1. The van der Waals surface area contributed by atoms with Gasteiger partial charge in [0.1, 0.15) is 23.2 Å². The molecule has 0 atom stereocenters. The molecule has 0 aliphatic rings. The van der Waals surface area contributed by atoms with Gasteiger partial charge in [0.2, 0.25) is 0 Å². The molecule has 0 aromatic heterocycles. The maximum absolute atomic E-state index is 7.25. The molecule has 0 unspecified atom stereocenters. The maximum Gasteiger partial charge on any atom is 0.261 e. The van der Waals surface area contributed by atoms with Crippen LogP contribution in [-0.4, -0.2) is 21.1 Å². The van der Waals surface area contributed by atoms with Crippen LogP contribution in [-0.2, 0) is 4.43 Å². The second-order valence-corrected chi connectivity index (χ2v) is 19.7. The average Bonchev–Trinajstić information content (AvgIpc) is 3.02. The van der Waals surface area contributed by atoms with Crippen molar-refractivity contribution >= 4 is 41.9 Å². The lowest BCUT2D eigenvalue weighted by atomic mass is 10.2. The predicted molar refractivity (Wildman–Crippen MR) is 183 cm³/mol. The summed E-state index contributed by atoms with van der Waals surface area (Å²) in [7, 11) is -4.35. The van der Waals surface area contributed by atoms with Gasteiger partial charge in [-0.3, -0.25) is 0 Å². The largest absolute Gasteiger partial charge is 0.407 e. The summed E-state index contributed by atoms with van der Waals surface area (Å²) >= 11 is 0. The van der Waals surface area contributed by atoms with Crippen LogP contribution in [0.2, 0.25) is 5.04 Å². The Morgan fingerprint density at radius 3 is 1.17 bits per heavy atom. The fourth-order valence-electron chi connectivity index (χ4n) is 6.32. The highest BCUT2D eigenvalue weighted by Crippen LogP contribution is 2.56. The van der Waals surface area contributed by atoms with E-state index in [9.17, 15) is 0 Å². The summed E-state index contributed by atoms with van der Waals surface area (Å²) in [6.45, 7) is 7.83. The first-order valence-electron chi connectivity index (χ1n) is 14.8. The Morgan fingerprint density at radius 1 is 0.488 bits per heavy atom. The third-order valence-corrected chi connectivity index (χ3v) is 17.8. The van der Waals surface area contributed by atoms with Crippen molar-refractivity contribution in [2.75, 3.05) is 12.8 Å². The summed E-state index contributed by atoms with van der Waals surface area (Å²) in [5.41, 5.74) is 0. The van der Waals surface area contributed by atoms with E-state index in [1.54, 1.807) is 0 Å². The summed E-state index contributed by atoms with van der Waals surface area (Å²) in [4.78, 5) is 0. The third kappa shape index (κ3) is 6.02. The zero-order chi connectivity index (χ0) is 28.6. The minimum absolute atomic E-state index is 0.00934. The zero-order valence-electron chi connectivity index (χ0n) is 24.6. The van der Waals surface area contributed by atoms with Crippen LogP contribution in [0.1, 0.15) is 33.6 Å². The van der Waals surface area contributed by atoms with Crippen molar-refractivity contribution in [2.24, 2.45) is 0 Å².